The molecule has 0 aromatic carbocycles. The predicted molar refractivity (Wildman–Crippen MR) is 60.7 cm³/mol. The Hall–Kier alpha value is -0.430. The predicted octanol–water partition coefficient (Wildman–Crippen LogP) is 2.38. The van der Waals surface area contributed by atoms with E-state index in [1.807, 2.05) is 5.32 Å². The Morgan fingerprint density at radius 2 is 2.19 bits per heavy atom. The molecule has 0 saturated heterocycles. The van der Waals surface area contributed by atoms with Gasteiger partial charge in [0, 0.05) is 0 Å². The molecule has 0 unspecified atom stereocenters. The lowest BCUT2D eigenvalue weighted by atomic mass is 10.3. The maximum atomic E-state index is 12.7. The van der Waals surface area contributed by atoms with Crippen LogP contribution in [-0.4, -0.2) is 24.9 Å². The van der Waals surface area contributed by atoms with Crippen molar-refractivity contribution in [2.45, 2.75) is 5.92 Å². The van der Waals surface area contributed by atoms with Crippen LogP contribution in [0.25, 0.3) is 0 Å². The summed E-state index contributed by atoms with van der Waals surface area (Å²) < 4.78 is 26.0. The third-order valence-corrected chi connectivity index (χ3v) is 3.20. The van der Waals surface area contributed by atoms with Crippen molar-refractivity contribution in [3.8, 4) is 0 Å². The molecule has 1 amide bonds. The van der Waals surface area contributed by atoms with Gasteiger partial charge in [0.25, 0.3) is 11.8 Å². The average molecular weight is 289 g/mol. The molecule has 0 spiro atoms. The van der Waals surface area contributed by atoms with E-state index in [0.717, 1.165) is 11.3 Å². The second-order valence-corrected chi connectivity index (χ2v) is 5.27. The quantitative estimate of drug-likeness (QED) is 0.894. The first-order valence-corrected chi connectivity index (χ1v) is 5.74. The lowest BCUT2D eigenvalue weighted by molar-refractivity contribution is 0.0119. The lowest BCUT2D eigenvalue weighted by Gasteiger charge is -2.14. The summed E-state index contributed by atoms with van der Waals surface area (Å²) in [5.41, 5.74) is 4.91. The Kier molecular flexibility index (Phi) is 4.49. The van der Waals surface area contributed by atoms with Crippen molar-refractivity contribution in [1.29, 1.82) is 0 Å². The van der Waals surface area contributed by atoms with Crippen LogP contribution in [-0.2, 0) is 0 Å². The van der Waals surface area contributed by atoms with Gasteiger partial charge in [-0.05, 0) is 6.07 Å². The number of nitrogens with one attached hydrogen (secondary N) is 1. The number of thiophene rings is 1. The SMILES string of the molecule is NCC(F)(F)CNC(=O)c1cc(Cl)sc1Cl. The van der Waals surface area contributed by atoms with E-state index in [1.54, 1.807) is 0 Å². The van der Waals surface area contributed by atoms with Crippen LogP contribution in [0.4, 0.5) is 8.78 Å². The zero-order chi connectivity index (χ0) is 12.3. The van der Waals surface area contributed by atoms with Crippen molar-refractivity contribution in [1.82, 2.24) is 5.32 Å². The summed E-state index contributed by atoms with van der Waals surface area (Å²) in [5.74, 6) is -3.82. The number of rotatable bonds is 4. The fourth-order valence-corrected chi connectivity index (χ4v) is 2.33. The molecule has 0 aliphatic carbocycles. The Morgan fingerprint density at radius 3 is 2.62 bits per heavy atom. The van der Waals surface area contributed by atoms with Gasteiger partial charge in [0.15, 0.2) is 0 Å². The molecule has 0 aliphatic rings. The van der Waals surface area contributed by atoms with E-state index in [4.69, 9.17) is 28.9 Å². The molecule has 8 heteroatoms. The molecule has 1 rings (SSSR count). The fraction of sp³-hybridized carbons (Fsp3) is 0.375. The molecule has 0 atom stereocenters. The van der Waals surface area contributed by atoms with Gasteiger partial charge in [-0.15, -0.1) is 11.3 Å². The molecular formula is C8H8Cl2F2N2OS. The van der Waals surface area contributed by atoms with E-state index in [9.17, 15) is 13.6 Å². The van der Waals surface area contributed by atoms with Crippen LogP contribution in [0.15, 0.2) is 6.07 Å². The van der Waals surface area contributed by atoms with Gasteiger partial charge < -0.3 is 11.1 Å². The molecule has 1 aromatic heterocycles. The fourth-order valence-electron chi connectivity index (χ4n) is 0.872. The number of hydrogen-bond donors (Lipinski definition) is 2. The van der Waals surface area contributed by atoms with Gasteiger partial charge in [-0.25, -0.2) is 8.78 Å². The zero-order valence-corrected chi connectivity index (χ0v) is 10.2. The van der Waals surface area contributed by atoms with Gasteiger partial charge in [-0.3, -0.25) is 4.79 Å². The number of alkyl halides is 2. The summed E-state index contributed by atoms with van der Waals surface area (Å²) in [4.78, 5) is 11.4. The Bertz CT molecular complexity index is 397. The van der Waals surface area contributed by atoms with Crippen LogP contribution < -0.4 is 11.1 Å². The van der Waals surface area contributed by atoms with Crippen LogP contribution >= 0.6 is 34.5 Å². The molecule has 0 saturated carbocycles. The van der Waals surface area contributed by atoms with Gasteiger partial charge >= 0.3 is 0 Å². The van der Waals surface area contributed by atoms with Crippen LogP contribution in [0.3, 0.4) is 0 Å². The molecule has 0 aliphatic heterocycles. The van der Waals surface area contributed by atoms with Crippen LogP contribution in [0, 0.1) is 0 Å². The van der Waals surface area contributed by atoms with Crippen molar-refractivity contribution >= 4 is 40.4 Å². The molecule has 3 nitrogen and oxygen atoms in total. The summed E-state index contributed by atoms with van der Waals surface area (Å²) in [6, 6.07) is 1.32. The molecule has 1 heterocycles. The third kappa shape index (κ3) is 3.55. The second-order valence-electron chi connectivity index (χ2n) is 2.98. The zero-order valence-electron chi connectivity index (χ0n) is 7.90. The highest BCUT2D eigenvalue weighted by molar-refractivity contribution is 7.20. The summed E-state index contributed by atoms with van der Waals surface area (Å²) in [7, 11) is 0. The van der Waals surface area contributed by atoms with E-state index < -0.39 is 24.9 Å². The Balaban J connectivity index is 2.63. The largest absolute Gasteiger partial charge is 0.346 e. The first kappa shape index (κ1) is 13.6. The average Bonchev–Trinajstić information content (AvgIpc) is 2.54. The number of halogens is 4. The minimum atomic E-state index is -3.12. The molecule has 0 bridgehead atoms. The minimum Gasteiger partial charge on any atom is -0.346 e. The molecule has 0 fully saturated rings. The van der Waals surface area contributed by atoms with E-state index in [0.29, 0.717) is 4.34 Å². The Morgan fingerprint density at radius 1 is 1.56 bits per heavy atom. The van der Waals surface area contributed by atoms with Crippen molar-refractivity contribution in [3.63, 3.8) is 0 Å². The van der Waals surface area contributed by atoms with E-state index in [-0.39, 0.29) is 9.90 Å². The van der Waals surface area contributed by atoms with E-state index in [1.165, 1.54) is 6.07 Å². The number of nitrogens with two attached hydrogens (primary N) is 1. The normalized spacial score (nSPS) is 11.6. The lowest BCUT2D eigenvalue weighted by Crippen LogP contribution is -2.41. The van der Waals surface area contributed by atoms with Gasteiger partial charge in [0.05, 0.1) is 23.0 Å². The van der Waals surface area contributed by atoms with E-state index >= 15 is 0 Å². The maximum absolute atomic E-state index is 12.7. The van der Waals surface area contributed by atoms with Crippen LogP contribution in [0.5, 0.6) is 0 Å². The van der Waals surface area contributed by atoms with Crippen molar-refractivity contribution in [2.24, 2.45) is 5.73 Å². The monoisotopic (exact) mass is 288 g/mol. The molecule has 0 radical (unpaired) electrons. The van der Waals surface area contributed by atoms with Gasteiger partial charge in [-0.2, -0.15) is 0 Å². The first-order valence-electron chi connectivity index (χ1n) is 4.16. The highest BCUT2D eigenvalue weighted by Crippen LogP contribution is 2.31. The Labute approximate surface area is 105 Å². The highest BCUT2D eigenvalue weighted by atomic mass is 35.5. The summed E-state index contributed by atoms with van der Waals surface area (Å²) in [5, 5.41) is 2.04. The molecule has 16 heavy (non-hydrogen) atoms. The van der Waals surface area contributed by atoms with E-state index in [2.05, 4.69) is 0 Å². The maximum Gasteiger partial charge on any atom is 0.277 e. The third-order valence-electron chi connectivity index (χ3n) is 1.71. The number of hydrogen-bond acceptors (Lipinski definition) is 3. The van der Waals surface area contributed by atoms with Crippen LogP contribution in [0.2, 0.25) is 8.67 Å². The smallest absolute Gasteiger partial charge is 0.277 e. The highest BCUT2D eigenvalue weighted by Gasteiger charge is 2.28. The first-order chi connectivity index (χ1) is 7.35. The number of carbonyl (C=O) groups excluding carboxylic acids is 1. The minimum absolute atomic E-state index is 0.0875. The molecule has 1 aromatic rings. The van der Waals surface area contributed by atoms with Gasteiger partial charge in [0.1, 0.15) is 4.34 Å². The number of amides is 1. The summed E-state index contributed by atoms with van der Waals surface area (Å²) >= 11 is 12.3. The number of carbonyl (C=O) groups is 1. The van der Waals surface area contributed by atoms with Crippen molar-refractivity contribution < 1.29 is 13.6 Å². The molecule has 3 N–H and O–H groups in total. The summed E-state index contributed by atoms with van der Waals surface area (Å²) in [6.45, 7) is -1.66. The standard InChI is InChI=1S/C8H8Cl2F2N2OS/c9-5-1-4(6(10)16-5)7(15)14-3-8(11,12)2-13/h1H,2-3,13H2,(H,14,15). The van der Waals surface area contributed by atoms with Crippen molar-refractivity contribution in [2.75, 3.05) is 13.1 Å². The van der Waals surface area contributed by atoms with Gasteiger partial charge in [-0.1, -0.05) is 23.2 Å². The molecule has 90 valence electrons. The van der Waals surface area contributed by atoms with Gasteiger partial charge in [0.2, 0.25) is 0 Å². The second kappa shape index (κ2) is 5.27. The topological polar surface area (TPSA) is 55.1 Å². The molecular weight excluding hydrogens is 281 g/mol. The summed E-state index contributed by atoms with van der Waals surface area (Å²) in [6.07, 6.45) is 0. The van der Waals surface area contributed by atoms with Crippen molar-refractivity contribution in [3.05, 3.63) is 20.3 Å². The van der Waals surface area contributed by atoms with Crippen LogP contribution in [0.1, 0.15) is 10.4 Å².